The van der Waals surface area contributed by atoms with Crippen molar-refractivity contribution in [1.82, 2.24) is 14.8 Å². The van der Waals surface area contributed by atoms with Crippen molar-refractivity contribution in [3.63, 3.8) is 0 Å². The summed E-state index contributed by atoms with van der Waals surface area (Å²) < 4.78 is 7.57. The number of hydrogen-bond acceptors (Lipinski definition) is 3. The SMILES string of the molecule is CC(=O)NCC1CN(C(=O)c2ccccc2-n2cccc2)CCO1. The minimum atomic E-state index is -0.176. The van der Waals surface area contributed by atoms with E-state index in [9.17, 15) is 9.59 Å². The summed E-state index contributed by atoms with van der Waals surface area (Å²) in [5.41, 5.74) is 1.52. The van der Waals surface area contributed by atoms with Gasteiger partial charge in [-0.1, -0.05) is 12.1 Å². The first-order valence-corrected chi connectivity index (χ1v) is 8.03. The molecule has 6 heteroatoms. The summed E-state index contributed by atoms with van der Waals surface area (Å²) in [5.74, 6) is -0.115. The highest BCUT2D eigenvalue weighted by molar-refractivity contribution is 5.97. The van der Waals surface area contributed by atoms with E-state index in [2.05, 4.69) is 5.32 Å². The summed E-state index contributed by atoms with van der Waals surface area (Å²) in [6.45, 7) is 3.38. The lowest BCUT2D eigenvalue weighted by Gasteiger charge is -2.33. The van der Waals surface area contributed by atoms with E-state index in [-0.39, 0.29) is 17.9 Å². The number of aromatic nitrogens is 1. The smallest absolute Gasteiger partial charge is 0.256 e. The fraction of sp³-hybridized carbons (Fsp3) is 0.333. The molecule has 2 amide bonds. The van der Waals surface area contributed by atoms with Crippen molar-refractivity contribution in [3.05, 3.63) is 54.4 Å². The Morgan fingerprint density at radius 2 is 1.96 bits per heavy atom. The second-order valence-corrected chi connectivity index (χ2v) is 5.79. The fourth-order valence-electron chi connectivity index (χ4n) is 2.83. The molecule has 0 aliphatic carbocycles. The van der Waals surface area contributed by atoms with Crippen molar-refractivity contribution in [2.45, 2.75) is 13.0 Å². The topological polar surface area (TPSA) is 63.6 Å². The van der Waals surface area contributed by atoms with Gasteiger partial charge in [-0.2, -0.15) is 0 Å². The predicted octanol–water partition coefficient (Wildman–Crippen LogP) is 1.45. The van der Waals surface area contributed by atoms with Crippen LogP contribution in [0.4, 0.5) is 0 Å². The lowest BCUT2D eigenvalue weighted by atomic mass is 10.1. The van der Waals surface area contributed by atoms with Gasteiger partial charge in [-0.3, -0.25) is 9.59 Å². The van der Waals surface area contributed by atoms with E-state index in [1.807, 2.05) is 53.4 Å². The Kier molecular flexibility index (Phi) is 4.96. The van der Waals surface area contributed by atoms with E-state index in [0.717, 1.165) is 5.69 Å². The van der Waals surface area contributed by atoms with Gasteiger partial charge in [0.15, 0.2) is 0 Å². The quantitative estimate of drug-likeness (QED) is 0.924. The highest BCUT2D eigenvalue weighted by Gasteiger charge is 2.26. The summed E-state index contributed by atoms with van der Waals surface area (Å²) in [7, 11) is 0. The Morgan fingerprint density at radius 3 is 2.71 bits per heavy atom. The highest BCUT2D eigenvalue weighted by Crippen LogP contribution is 2.18. The molecular weight excluding hydrogens is 306 g/mol. The number of hydrogen-bond donors (Lipinski definition) is 1. The second kappa shape index (κ2) is 7.31. The first-order chi connectivity index (χ1) is 11.6. The van der Waals surface area contributed by atoms with Crippen molar-refractivity contribution in [2.75, 3.05) is 26.2 Å². The molecule has 1 unspecified atom stereocenters. The van der Waals surface area contributed by atoms with Crippen molar-refractivity contribution < 1.29 is 14.3 Å². The van der Waals surface area contributed by atoms with E-state index in [0.29, 0.717) is 31.8 Å². The maximum absolute atomic E-state index is 13.0. The van der Waals surface area contributed by atoms with Crippen LogP contribution in [0.2, 0.25) is 0 Å². The van der Waals surface area contributed by atoms with E-state index in [4.69, 9.17) is 4.74 Å². The lowest BCUT2D eigenvalue weighted by Crippen LogP contribution is -2.49. The largest absolute Gasteiger partial charge is 0.373 e. The number of benzene rings is 1. The Hall–Kier alpha value is -2.60. The van der Waals surface area contributed by atoms with Crippen molar-refractivity contribution in [3.8, 4) is 5.69 Å². The first-order valence-electron chi connectivity index (χ1n) is 8.03. The summed E-state index contributed by atoms with van der Waals surface area (Å²) in [5, 5.41) is 2.74. The maximum Gasteiger partial charge on any atom is 0.256 e. The lowest BCUT2D eigenvalue weighted by molar-refractivity contribution is -0.120. The average molecular weight is 327 g/mol. The number of ether oxygens (including phenoxy) is 1. The van der Waals surface area contributed by atoms with Gasteiger partial charge in [0.2, 0.25) is 5.91 Å². The molecule has 3 rings (SSSR count). The van der Waals surface area contributed by atoms with Crippen LogP contribution in [-0.4, -0.2) is 53.6 Å². The Labute approximate surface area is 141 Å². The molecule has 0 spiro atoms. The third kappa shape index (κ3) is 3.65. The van der Waals surface area contributed by atoms with Gasteiger partial charge in [-0.05, 0) is 24.3 Å². The zero-order valence-electron chi connectivity index (χ0n) is 13.6. The van der Waals surface area contributed by atoms with Gasteiger partial charge in [0.05, 0.1) is 24.0 Å². The molecular formula is C18H21N3O3. The van der Waals surface area contributed by atoms with Gasteiger partial charge in [0.25, 0.3) is 5.91 Å². The van der Waals surface area contributed by atoms with Crippen LogP contribution >= 0.6 is 0 Å². The zero-order valence-corrected chi connectivity index (χ0v) is 13.6. The number of nitrogens with zero attached hydrogens (tertiary/aromatic N) is 2. The van der Waals surface area contributed by atoms with Crippen LogP contribution in [0.25, 0.3) is 5.69 Å². The molecule has 0 bridgehead atoms. The van der Waals surface area contributed by atoms with E-state index in [1.54, 1.807) is 4.90 Å². The number of nitrogens with one attached hydrogen (secondary N) is 1. The number of rotatable bonds is 4. The van der Waals surface area contributed by atoms with Crippen LogP contribution in [0.5, 0.6) is 0 Å². The van der Waals surface area contributed by atoms with Gasteiger partial charge in [-0.15, -0.1) is 0 Å². The van der Waals surface area contributed by atoms with Crippen LogP contribution in [0.1, 0.15) is 17.3 Å². The van der Waals surface area contributed by atoms with Gasteiger partial charge in [0, 0.05) is 39.0 Å². The number of carbonyl (C=O) groups is 2. The normalized spacial score (nSPS) is 17.5. The molecule has 1 aromatic carbocycles. The zero-order chi connectivity index (χ0) is 16.9. The van der Waals surface area contributed by atoms with E-state index in [1.165, 1.54) is 6.92 Å². The van der Waals surface area contributed by atoms with Crippen LogP contribution in [0, 0.1) is 0 Å². The van der Waals surface area contributed by atoms with Crippen molar-refractivity contribution in [1.29, 1.82) is 0 Å². The summed E-state index contributed by atoms with van der Waals surface area (Å²) >= 11 is 0. The van der Waals surface area contributed by atoms with E-state index >= 15 is 0 Å². The number of amides is 2. The molecule has 6 nitrogen and oxygen atoms in total. The minimum absolute atomic E-state index is 0.0181. The van der Waals surface area contributed by atoms with Crippen LogP contribution in [0.3, 0.4) is 0 Å². The Morgan fingerprint density at radius 1 is 1.21 bits per heavy atom. The number of carbonyl (C=O) groups excluding carboxylic acids is 2. The molecule has 2 heterocycles. The predicted molar refractivity (Wildman–Crippen MR) is 90.1 cm³/mol. The standard InChI is InChI=1S/C18H21N3O3/c1-14(22)19-12-15-13-21(10-11-24-15)18(23)16-6-2-3-7-17(16)20-8-4-5-9-20/h2-9,15H,10-13H2,1H3,(H,19,22). The molecule has 1 aliphatic rings. The summed E-state index contributed by atoms with van der Waals surface area (Å²) in [6.07, 6.45) is 3.67. The van der Waals surface area contributed by atoms with Crippen LogP contribution in [-0.2, 0) is 9.53 Å². The molecule has 1 aromatic heterocycles. The van der Waals surface area contributed by atoms with E-state index < -0.39 is 0 Å². The van der Waals surface area contributed by atoms with Crippen LogP contribution in [0.15, 0.2) is 48.8 Å². The maximum atomic E-state index is 13.0. The monoisotopic (exact) mass is 327 g/mol. The molecule has 2 aromatic rings. The number of para-hydroxylation sites is 1. The minimum Gasteiger partial charge on any atom is -0.373 e. The van der Waals surface area contributed by atoms with Crippen molar-refractivity contribution >= 4 is 11.8 Å². The van der Waals surface area contributed by atoms with Gasteiger partial charge in [0.1, 0.15) is 0 Å². The van der Waals surface area contributed by atoms with Crippen molar-refractivity contribution in [2.24, 2.45) is 0 Å². The summed E-state index contributed by atoms with van der Waals surface area (Å²) in [4.78, 5) is 25.8. The Balaban J connectivity index is 1.76. The second-order valence-electron chi connectivity index (χ2n) is 5.79. The third-order valence-corrected chi connectivity index (χ3v) is 4.02. The first kappa shape index (κ1) is 16.3. The molecule has 1 saturated heterocycles. The Bertz CT molecular complexity index is 712. The molecule has 24 heavy (non-hydrogen) atoms. The molecule has 126 valence electrons. The molecule has 1 fully saturated rings. The highest BCUT2D eigenvalue weighted by atomic mass is 16.5. The molecule has 1 atom stereocenters. The van der Waals surface area contributed by atoms with Gasteiger partial charge >= 0.3 is 0 Å². The average Bonchev–Trinajstić information content (AvgIpc) is 3.14. The molecule has 1 aliphatic heterocycles. The fourth-order valence-corrected chi connectivity index (χ4v) is 2.83. The van der Waals surface area contributed by atoms with Gasteiger partial charge in [-0.25, -0.2) is 0 Å². The van der Waals surface area contributed by atoms with Gasteiger partial charge < -0.3 is 19.5 Å². The third-order valence-electron chi connectivity index (χ3n) is 4.02. The molecule has 1 N–H and O–H groups in total. The molecule has 0 saturated carbocycles. The molecule has 0 radical (unpaired) electrons. The summed E-state index contributed by atoms with van der Waals surface area (Å²) in [6, 6.07) is 11.4. The number of morpholine rings is 1. The van der Waals surface area contributed by atoms with Crippen LogP contribution < -0.4 is 5.32 Å².